The molecule has 0 spiro atoms. The molecule has 2 aromatic rings. The van der Waals surface area contributed by atoms with Gasteiger partial charge in [-0.1, -0.05) is 81.8 Å². The lowest BCUT2D eigenvalue weighted by Crippen LogP contribution is -2.15. The Kier molecular flexibility index (Phi) is 5.34. The van der Waals surface area contributed by atoms with Gasteiger partial charge in [0.1, 0.15) is 0 Å². The second-order valence-electron chi connectivity index (χ2n) is 7.18. The van der Waals surface area contributed by atoms with Gasteiger partial charge in [-0.2, -0.15) is 0 Å². The highest BCUT2D eigenvalue weighted by Gasteiger charge is 2.22. The van der Waals surface area contributed by atoms with Crippen LogP contribution in [0.1, 0.15) is 62.3 Å². The maximum atomic E-state index is 6.67. The summed E-state index contributed by atoms with van der Waals surface area (Å²) in [5, 5.41) is 0.114. The van der Waals surface area contributed by atoms with Crippen LogP contribution in [-0.4, -0.2) is 5.38 Å². The molecule has 118 valence electrons. The highest BCUT2D eigenvalue weighted by Crippen LogP contribution is 2.34. The Morgan fingerprint density at radius 3 is 1.73 bits per heavy atom. The first-order valence-electron chi connectivity index (χ1n) is 8.14. The quantitative estimate of drug-likeness (QED) is 0.569. The Morgan fingerprint density at radius 1 is 0.864 bits per heavy atom. The fourth-order valence-corrected chi connectivity index (χ4v) is 3.10. The van der Waals surface area contributed by atoms with Crippen LogP contribution in [0.4, 0.5) is 0 Å². The van der Waals surface area contributed by atoms with Crippen LogP contribution in [0, 0.1) is 6.92 Å². The smallest absolute Gasteiger partial charge is 0.0442 e. The van der Waals surface area contributed by atoms with E-state index in [0.29, 0.717) is 0 Å². The summed E-state index contributed by atoms with van der Waals surface area (Å²) in [7, 11) is 0. The van der Waals surface area contributed by atoms with Crippen molar-refractivity contribution in [2.45, 2.75) is 57.7 Å². The van der Waals surface area contributed by atoms with Gasteiger partial charge in [0.05, 0.1) is 0 Å². The maximum absolute atomic E-state index is 6.67. The Labute approximate surface area is 140 Å². The van der Waals surface area contributed by atoms with Crippen LogP contribution >= 0.6 is 11.6 Å². The van der Waals surface area contributed by atoms with Crippen molar-refractivity contribution in [2.24, 2.45) is 0 Å². The second kappa shape index (κ2) is 6.87. The van der Waals surface area contributed by atoms with Gasteiger partial charge in [-0.25, -0.2) is 0 Å². The predicted octanol–water partition coefficient (Wildman–Crippen LogP) is 6.44. The Morgan fingerprint density at radius 2 is 1.32 bits per heavy atom. The predicted molar refractivity (Wildman–Crippen MR) is 98.1 cm³/mol. The molecule has 2 rings (SSSR count). The molecule has 0 aromatic heterocycles. The summed E-state index contributed by atoms with van der Waals surface area (Å²) in [6.07, 6.45) is 0.959. The van der Waals surface area contributed by atoms with Crippen LogP contribution in [-0.2, 0) is 5.41 Å². The van der Waals surface area contributed by atoms with Gasteiger partial charge in [0.25, 0.3) is 0 Å². The number of benzene rings is 2. The first kappa shape index (κ1) is 17.1. The molecule has 0 aliphatic carbocycles. The maximum Gasteiger partial charge on any atom is 0.0442 e. The third-order valence-corrected chi connectivity index (χ3v) is 4.88. The monoisotopic (exact) mass is 314 g/mol. The van der Waals surface area contributed by atoms with Crippen molar-refractivity contribution >= 4 is 11.6 Å². The lowest BCUT2D eigenvalue weighted by Gasteiger charge is -2.25. The molecule has 0 amide bonds. The van der Waals surface area contributed by atoms with Crippen molar-refractivity contribution in [1.29, 1.82) is 0 Å². The normalized spacial score (nSPS) is 14.6. The molecule has 1 heteroatoms. The van der Waals surface area contributed by atoms with E-state index >= 15 is 0 Å². The van der Waals surface area contributed by atoms with Crippen molar-refractivity contribution in [3.05, 3.63) is 70.8 Å². The minimum absolute atomic E-state index is 0.114. The molecule has 2 atom stereocenters. The topological polar surface area (TPSA) is 0 Å². The third-order valence-electron chi connectivity index (χ3n) is 4.32. The Bertz CT molecular complexity index is 587. The van der Waals surface area contributed by atoms with E-state index in [2.05, 4.69) is 83.1 Å². The standard InChI is InChI=1S/C21H27Cl/c1-6-19(22)20(16-9-7-15(2)8-10-16)17-11-13-18(14-12-17)21(3,4)5/h7-14,19-20H,6H2,1-5H3. The molecule has 2 aromatic carbocycles. The van der Waals surface area contributed by atoms with Crippen molar-refractivity contribution in [3.63, 3.8) is 0 Å². The van der Waals surface area contributed by atoms with Crippen LogP contribution in [0.15, 0.2) is 48.5 Å². The van der Waals surface area contributed by atoms with Gasteiger partial charge in [-0.05, 0) is 35.4 Å². The average Bonchev–Trinajstić information content (AvgIpc) is 2.49. The van der Waals surface area contributed by atoms with Gasteiger partial charge in [0.15, 0.2) is 0 Å². The van der Waals surface area contributed by atoms with Crippen molar-refractivity contribution in [1.82, 2.24) is 0 Å². The molecule has 0 radical (unpaired) electrons. The zero-order valence-corrected chi connectivity index (χ0v) is 15.1. The fraction of sp³-hybridized carbons (Fsp3) is 0.429. The van der Waals surface area contributed by atoms with Gasteiger partial charge in [0.2, 0.25) is 0 Å². The van der Waals surface area contributed by atoms with Crippen LogP contribution < -0.4 is 0 Å². The first-order chi connectivity index (χ1) is 10.3. The van der Waals surface area contributed by atoms with Crippen molar-refractivity contribution in [3.8, 4) is 0 Å². The summed E-state index contributed by atoms with van der Waals surface area (Å²) in [6, 6.07) is 17.7. The van der Waals surface area contributed by atoms with Gasteiger partial charge in [-0.3, -0.25) is 0 Å². The lowest BCUT2D eigenvalue weighted by molar-refractivity contribution is 0.589. The van der Waals surface area contributed by atoms with E-state index < -0.39 is 0 Å². The SMILES string of the molecule is CCC(Cl)C(c1ccc(C)cc1)c1ccc(C(C)(C)C)cc1. The number of alkyl halides is 1. The molecule has 0 nitrogen and oxygen atoms in total. The molecule has 0 fully saturated rings. The minimum Gasteiger partial charge on any atom is -0.122 e. The zero-order chi connectivity index (χ0) is 16.3. The molecule has 0 heterocycles. The summed E-state index contributed by atoms with van der Waals surface area (Å²) in [5.41, 5.74) is 5.44. The minimum atomic E-state index is 0.114. The molecular weight excluding hydrogens is 288 g/mol. The lowest BCUT2D eigenvalue weighted by atomic mass is 9.83. The third kappa shape index (κ3) is 3.93. The number of rotatable bonds is 4. The fourth-order valence-electron chi connectivity index (χ4n) is 2.81. The van der Waals surface area contributed by atoms with E-state index in [1.165, 1.54) is 22.3 Å². The van der Waals surface area contributed by atoms with E-state index in [9.17, 15) is 0 Å². The zero-order valence-electron chi connectivity index (χ0n) is 14.4. The van der Waals surface area contributed by atoms with Crippen molar-refractivity contribution in [2.75, 3.05) is 0 Å². The molecule has 0 saturated heterocycles. The highest BCUT2D eigenvalue weighted by molar-refractivity contribution is 6.21. The Hall–Kier alpha value is -1.27. The van der Waals surface area contributed by atoms with Gasteiger partial charge in [0, 0.05) is 11.3 Å². The number of hydrogen-bond acceptors (Lipinski definition) is 0. The molecule has 22 heavy (non-hydrogen) atoms. The molecule has 0 aliphatic heterocycles. The highest BCUT2D eigenvalue weighted by atomic mass is 35.5. The van der Waals surface area contributed by atoms with E-state index in [4.69, 9.17) is 11.6 Å². The first-order valence-corrected chi connectivity index (χ1v) is 8.57. The average molecular weight is 315 g/mol. The molecular formula is C21H27Cl. The summed E-state index contributed by atoms with van der Waals surface area (Å²) in [5.74, 6) is 0.251. The van der Waals surface area contributed by atoms with Crippen LogP contribution in [0.3, 0.4) is 0 Å². The van der Waals surface area contributed by atoms with E-state index in [1.807, 2.05) is 0 Å². The number of hydrogen-bond donors (Lipinski definition) is 0. The number of aryl methyl sites for hydroxylation is 1. The molecule has 0 N–H and O–H groups in total. The van der Waals surface area contributed by atoms with Crippen LogP contribution in [0.5, 0.6) is 0 Å². The second-order valence-corrected chi connectivity index (χ2v) is 7.75. The number of halogens is 1. The molecule has 0 saturated carbocycles. The molecule has 0 aliphatic rings. The van der Waals surface area contributed by atoms with Gasteiger partial charge >= 0.3 is 0 Å². The van der Waals surface area contributed by atoms with E-state index in [1.54, 1.807) is 0 Å². The summed E-state index contributed by atoms with van der Waals surface area (Å²) in [4.78, 5) is 0. The molecule has 2 unspecified atom stereocenters. The largest absolute Gasteiger partial charge is 0.122 e. The summed E-state index contributed by atoms with van der Waals surface area (Å²) < 4.78 is 0. The summed E-state index contributed by atoms with van der Waals surface area (Å²) >= 11 is 6.67. The Balaban J connectivity index is 2.39. The summed E-state index contributed by atoms with van der Waals surface area (Å²) in [6.45, 7) is 11.0. The van der Waals surface area contributed by atoms with E-state index in [0.717, 1.165) is 6.42 Å². The van der Waals surface area contributed by atoms with Gasteiger partial charge < -0.3 is 0 Å². The van der Waals surface area contributed by atoms with Gasteiger partial charge in [-0.15, -0.1) is 11.6 Å². The molecule has 0 bridgehead atoms. The van der Waals surface area contributed by atoms with Crippen LogP contribution in [0.25, 0.3) is 0 Å². The van der Waals surface area contributed by atoms with E-state index in [-0.39, 0.29) is 16.7 Å². The van der Waals surface area contributed by atoms with Crippen molar-refractivity contribution < 1.29 is 0 Å². The van der Waals surface area contributed by atoms with Crippen LogP contribution in [0.2, 0.25) is 0 Å².